The lowest BCUT2D eigenvalue weighted by atomic mass is 10.3. The molecule has 0 aromatic carbocycles. The molecular weight excluding hydrogens is 148 g/mol. The van der Waals surface area contributed by atoms with E-state index < -0.39 is 5.97 Å². The number of unbranched alkanes of at least 4 members (excludes halogenated alkanes) is 1. The Morgan fingerprint density at radius 3 is 2.45 bits per heavy atom. The molecule has 11 heavy (non-hydrogen) atoms. The van der Waals surface area contributed by atoms with E-state index in [1.54, 1.807) is 0 Å². The molecule has 0 saturated heterocycles. The van der Waals surface area contributed by atoms with Crippen molar-refractivity contribution in [2.75, 3.05) is 13.2 Å². The van der Waals surface area contributed by atoms with Crippen LogP contribution >= 0.6 is 0 Å². The lowest BCUT2D eigenvalue weighted by molar-refractivity contribution is -0.342. The third kappa shape index (κ3) is 6.25. The minimum Gasteiger partial charge on any atom is -0.396 e. The molecule has 4 nitrogen and oxygen atoms in total. The Hall–Kier alpha value is -0.160. The van der Waals surface area contributed by atoms with Crippen LogP contribution in [0.1, 0.15) is 26.2 Å². The first-order chi connectivity index (χ1) is 5.12. The van der Waals surface area contributed by atoms with Crippen LogP contribution in [0.25, 0.3) is 0 Å². The molecule has 0 aliphatic rings. The summed E-state index contributed by atoms with van der Waals surface area (Å²) in [4.78, 5) is 0. The third-order valence-electron chi connectivity index (χ3n) is 1.27. The van der Waals surface area contributed by atoms with Gasteiger partial charge in [-0.1, -0.05) is 13.3 Å². The standard InChI is InChI=1S/C7H16O4/c1-2-3-6-11-7(9,10)4-5-8/h8-10H,2-6H2,1H3. The molecule has 0 fully saturated rings. The largest absolute Gasteiger partial charge is 0.396 e. The van der Waals surface area contributed by atoms with Gasteiger partial charge in [0.05, 0.1) is 19.6 Å². The second-order valence-electron chi connectivity index (χ2n) is 2.42. The van der Waals surface area contributed by atoms with E-state index in [1.165, 1.54) is 0 Å². The van der Waals surface area contributed by atoms with Crippen molar-refractivity contribution < 1.29 is 20.1 Å². The van der Waals surface area contributed by atoms with Gasteiger partial charge in [0.15, 0.2) is 0 Å². The Morgan fingerprint density at radius 1 is 1.36 bits per heavy atom. The quantitative estimate of drug-likeness (QED) is 0.376. The molecule has 0 aromatic rings. The first-order valence-corrected chi connectivity index (χ1v) is 3.82. The second kappa shape index (κ2) is 5.49. The Morgan fingerprint density at radius 2 is 2.00 bits per heavy atom. The van der Waals surface area contributed by atoms with Crippen LogP contribution in [-0.4, -0.2) is 34.5 Å². The molecule has 4 heteroatoms. The molecule has 3 N–H and O–H groups in total. The first kappa shape index (κ1) is 10.8. The third-order valence-corrected chi connectivity index (χ3v) is 1.27. The SMILES string of the molecule is CCCCOC(O)(O)CCO. The van der Waals surface area contributed by atoms with Crippen molar-refractivity contribution in [3.8, 4) is 0 Å². The summed E-state index contributed by atoms with van der Waals surface area (Å²) >= 11 is 0. The molecule has 0 spiro atoms. The van der Waals surface area contributed by atoms with Crippen molar-refractivity contribution in [3.05, 3.63) is 0 Å². The highest BCUT2D eigenvalue weighted by Crippen LogP contribution is 2.07. The normalized spacial score (nSPS) is 12.0. The zero-order valence-corrected chi connectivity index (χ0v) is 6.79. The number of aliphatic hydroxyl groups excluding tert-OH is 1. The van der Waals surface area contributed by atoms with E-state index in [9.17, 15) is 0 Å². The van der Waals surface area contributed by atoms with Gasteiger partial charge in [-0.25, -0.2) is 0 Å². The van der Waals surface area contributed by atoms with Crippen molar-refractivity contribution in [2.24, 2.45) is 0 Å². The zero-order chi connectivity index (χ0) is 8.74. The molecule has 0 saturated carbocycles. The van der Waals surface area contributed by atoms with Crippen LogP contribution in [0, 0.1) is 0 Å². The van der Waals surface area contributed by atoms with E-state index in [2.05, 4.69) is 4.74 Å². The number of ether oxygens (including phenoxy) is 1. The molecule has 0 aromatic heterocycles. The maximum absolute atomic E-state index is 8.91. The summed E-state index contributed by atoms with van der Waals surface area (Å²) in [5, 5.41) is 26.2. The van der Waals surface area contributed by atoms with Crippen LogP contribution in [0.15, 0.2) is 0 Å². The van der Waals surface area contributed by atoms with E-state index in [4.69, 9.17) is 15.3 Å². The van der Waals surface area contributed by atoms with Crippen LogP contribution in [0.4, 0.5) is 0 Å². The average molecular weight is 164 g/mol. The number of aliphatic hydroxyl groups is 3. The fourth-order valence-corrected chi connectivity index (χ4v) is 0.598. The topological polar surface area (TPSA) is 69.9 Å². The summed E-state index contributed by atoms with van der Waals surface area (Å²) in [6.07, 6.45) is 1.56. The minimum atomic E-state index is -2.15. The van der Waals surface area contributed by atoms with Gasteiger partial charge in [0, 0.05) is 0 Å². The molecule has 0 atom stereocenters. The molecule has 0 radical (unpaired) electrons. The Balaban J connectivity index is 3.38. The van der Waals surface area contributed by atoms with Crippen LogP contribution in [0.5, 0.6) is 0 Å². The fraction of sp³-hybridized carbons (Fsp3) is 1.00. The first-order valence-electron chi connectivity index (χ1n) is 3.82. The van der Waals surface area contributed by atoms with E-state index in [0.29, 0.717) is 6.61 Å². The van der Waals surface area contributed by atoms with Gasteiger partial charge in [-0.2, -0.15) is 0 Å². The molecular formula is C7H16O4. The summed E-state index contributed by atoms with van der Waals surface area (Å²) in [6, 6.07) is 0. The molecule has 0 rings (SSSR count). The summed E-state index contributed by atoms with van der Waals surface area (Å²) in [5.41, 5.74) is 0. The number of rotatable bonds is 6. The smallest absolute Gasteiger partial charge is 0.280 e. The van der Waals surface area contributed by atoms with Gasteiger partial charge in [-0.3, -0.25) is 0 Å². The Bertz CT molecular complexity index is 92.4. The summed E-state index contributed by atoms with van der Waals surface area (Å²) < 4.78 is 4.66. The molecule has 68 valence electrons. The van der Waals surface area contributed by atoms with Crippen LogP contribution in [-0.2, 0) is 4.74 Å². The van der Waals surface area contributed by atoms with Crippen molar-refractivity contribution in [1.82, 2.24) is 0 Å². The molecule has 0 heterocycles. The summed E-state index contributed by atoms with van der Waals surface area (Å²) in [5.74, 6) is -2.15. The number of hydrogen-bond acceptors (Lipinski definition) is 4. The molecule has 0 aliphatic heterocycles. The zero-order valence-electron chi connectivity index (χ0n) is 6.79. The monoisotopic (exact) mass is 164 g/mol. The molecule has 0 aliphatic carbocycles. The van der Waals surface area contributed by atoms with Crippen molar-refractivity contribution in [3.63, 3.8) is 0 Å². The fourth-order valence-electron chi connectivity index (χ4n) is 0.598. The minimum absolute atomic E-state index is 0.170. The average Bonchev–Trinajstić information content (AvgIpc) is 1.87. The van der Waals surface area contributed by atoms with Gasteiger partial charge in [-0.05, 0) is 6.42 Å². The van der Waals surface area contributed by atoms with E-state index in [-0.39, 0.29) is 13.0 Å². The summed E-state index contributed by atoms with van der Waals surface area (Å²) in [6.45, 7) is 1.99. The Kier molecular flexibility index (Phi) is 5.41. The second-order valence-corrected chi connectivity index (χ2v) is 2.42. The maximum atomic E-state index is 8.91. The van der Waals surface area contributed by atoms with Crippen LogP contribution in [0.2, 0.25) is 0 Å². The van der Waals surface area contributed by atoms with Gasteiger partial charge >= 0.3 is 0 Å². The molecule has 0 bridgehead atoms. The predicted molar refractivity (Wildman–Crippen MR) is 39.7 cm³/mol. The van der Waals surface area contributed by atoms with Crippen molar-refractivity contribution in [1.29, 1.82) is 0 Å². The van der Waals surface area contributed by atoms with Crippen LogP contribution in [0.3, 0.4) is 0 Å². The van der Waals surface area contributed by atoms with Crippen LogP contribution < -0.4 is 0 Å². The molecule has 0 unspecified atom stereocenters. The highest BCUT2D eigenvalue weighted by Gasteiger charge is 2.22. The van der Waals surface area contributed by atoms with Gasteiger partial charge in [-0.15, -0.1) is 0 Å². The highest BCUT2D eigenvalue weighted by atomic mass is 16.8. The lowest BCUT2D eigenvalue weighted by Gasteiger charge is -2.20. The van der Waals surface area contributed by atoms with Crippen molar-refractivity contribution in [2.45, 2.75) is 32.2 Å². The number of hydrogen-bond donors (Lipinski definition) is 3. The predicted octanol–water partition coefficient (Wildman–Crippen LogP) is -0.176. The van der Waals surface area contributed by atoms with Gasteiger partial charge < -0.3 is 20.1 Å². The van der Waals surface area contributed by atoms with Crippen molar-refractivity contribution >= 4 is 0 Å². The summed E-state index contributed by atoms with van der Waals surface area (Å²) in [7, 11) is 0. The Labute approximate surface area is 66.4 Å². The highest BCUT2D eigenvalue weighted by molar-refractivity contribution is 4.48. The van der Waals surface area contributed by atoms with Gasteiger partial charge in [0.1, 0.15) is 0 Å². The van der Waals surface area contributed by atoms with E-state index in [0.717, 1.165) is 12.8 Å². The van der Waals surface area contributed by atoms with Gasteiger partial charge in [0.25, 0.3) is 5.97 Å². The van der Waals surface area contributed by atoms with E-state index >= 15 is 0 Å². The molecule has 0 amide bonds. The van der Waals surface area contributed by atoms with E-state index in [1.807, 2.05) is 6.92 Å². The lowest BCUT2D eigenvalue weighted by Crippen LogP contribution is -2.33. The van der Waals surface area contributed by atoms with Gasteiger partial charge in [0.2, 0.25) is 0 Å². The maximum Gasteiger partial charge on any atom is 0.280 e.